The Balaban J connectivity index is 1.52. The second-order valence-corrected chi connectivity index (χ2v) is 19.5. The Morgan fingerprint density at radius 3 is 1.24 bits per heavy atom. The topological polar surface area (TPSA) is 213 Å². The molecule has 0 atom stereocenters. The van der Waals surface area contributed by atoms with Gasteiger partial charge in [0.2, 0.25) is 0 Å². The number of rotatable bonds is 1. The third kappa shape index (κ3) is 4.06. The molecule has 0 saturated carbocycles. The molecule has 12 nitrogen and oxygen atoms in total. The fourth-order valence-corrected chi connectivity index (χ4v) is 8.99. The number of fused-ring (bicyclic) bond motifs is 20. The number of aromatic amines is 2. The molecule has 0 fully saturated rings. The monoisotopic (exact) mass is 670 g/mol. The van der Waals surface area contributed by atoms with Crippen molar-refractivity contribution in [1.29, 1.82) is 0 Å². The van der Waals surface area contributed by atoms with Crippen LogP contribution < -0.4 is 20.3 Å². The Bertz CT molecular complexity index is 2560. The zero-order valence-electron chi connectivity index (χ0n) is 23.6. The standard InChI is InChI=1S/C32H17N8.4H2N.Nb/c1-2-10-18-17(9-1)25-33-26(18)38-28-21-13-5-6-14-22(21)30(35-28)40-32-24-16-8-7-15-23(24)31(36-32)39-29-20-12-4-3-11-19(20)27(34-29)37-25;;;;;/h1-15H,(H2,33,34,35,36,37,38,39,40);4*1H2;/q;4*-1;+4. The summed E-state index contributed by atoms with van der Waals surface area (Å²) in [5, 5.41) is 3.12. The van der Waals surface area contributed by atoms with Gasteiger partial charge in [0.1, 0.15) is 0 Å². The van der Waals surface area contributed by atoms with Gasteiger partial charge in [-0.15, -0.1) is 0 Å². The van der Waals surface area contributed by atoms with Crippen molar-refractivity contribution < 1.29 is 16.9 Å². The molecule has 3 aromatic heterocycles. The molecule has 7 aromatic rings. The van der Waals surface area contributed by atoms with E-state index in [1.165, 1.54) is 0 Å². The van der Waals surface area contributed by atoms with Crippen LogP contribution in [0.25, 0.3) is 89.7 Å². The van der Waals surface area contributed by atoms with Crippen molar-refractivity contribution in [2.45, 2.75) is 0 Å². The molecule has 0 amide bonds. The molecule has 0 saturated heterocycles. The normalized spacial score (nSPS) is 13.4. The van der Waals surface area contributed by atoms with Crippen LogP contribution in [0.1, 0.15) is 0 Å². The SMILES string of the molecule is [NH2][Nb]([NH2])([NH2])([NH2])[c]1cccc2c3nc4nc(nc5[nH]c(nc6nc(nc([nH]3)c12)-c1ccccc1-6)c1ccccc51)-c1ccccc1-4. The quantitative estimate of drug-likeness (QED) is 0.139. The number of aromatic nitrogens is 8. The molecule has 9 rings (SSSR count). The van der Waals surface area contributed by atoms with Gasteiger partial charge in [-0.05, 0) is 0 Å². The van der Waals surface area contributed by atoms with Crippen molar-refractivity contribution in [3.63, 3.8) is 0 Å². The van der Waals surface area contributed by atoms with Gasteiger partial charge in [0.25, 0.3) is 0 Å². The van der Waals surface area contributed by atoms with E-state index in [1.54, 1.807) is 6.07 Å². The third-order valence-electron chi connectivity index (χ3n) is 8.11. The van der Waals surface area contributed by atoms with Crippen LogP contribution >= 0.6 is 0 Å². The Morgan fingerprint density at radius 1 is 0.400 bits per heavy atom. The summed E-state index contributed by atoms with van der Waals surface area (Å²) in [6.45, 7) is 0. The summed E-state index contributed by atoms with van der Waals surface area (Å²) in [6.07, 6.45) is 0. The van der Waals surface area contributed by atoms with Crippen molar-refractivity contribution >= 4 is 47.9 Å². The first kappa shape index (κ1) is 26.2. The van der Waals surface area contributed by atoms with Gasteiger partial charge >= 0.3 is 252 Å². The van der Waals surface area contributed by atoms with Gasteiger partial charge in [0, 0.05) is 0 Å². The van der Waals surface area contributed by atoms with Crippen LogP contribution in [0.15, 0.2) is 91.0 Å². The van der Waals surface area contributed by atoms with Crippen LogP contribution in [-0.2, 0) is 16.9 Å². The molecule has 2 aliphatic heterocycles. The van der Waals surface area contributed by atoms with Crippen LogP contribution in [0.4, 0.5) is 0 Å². The summed E-state index contributed by atoms with van der Waals surface area (Å²) in [5.41, 5.74) is 5.54. The van der Waals surface area contributed by atoms with Crippen molar-refractivity contribution in [3.05, 3.63) is 91.0 Å². The minimum atomic E-state index is -5.17. The van der Waals surface area contributed by atoms with Gasteiger partial charge in [-0.25, -0.2) is 0 Å². The van der Waals surface area contributed by atoms with Gasteiger partial charge in [-0.2, -0.15) is 0 Å². The zero-order valence-corrected chi connectivity index (χ0v) is 25.8. The summed E-state index contributed by atoms with van der Waals surface area (Å²) >= 11 is -5.17. The van der Waals surface area contributed by atoms with Crippen LogP contribution in [0.2, 0.25) is 0 Å². The first-order valence-electron chi connectivity index (χ1n) is 14.2. The summed E-state index contributed by atoms with van der Waals surface area (Å²) in [6, 6.07) is 29.1. The Morgan fingerprint density at radius 2 is 0.778 bits per heavy atom. The number of hydrogen-bond acceptors (Lipinski definition) is 10. The van der Waals surface area contributed by atoms with E-state index in [0.717, 1.165) is 33.0 Å². The number of nitrogens with two attached hydrogens (primary N) is 4. The Labute approximate surface area is 256 Å². The summed E-state index contributed by atoms with van der Waals surface area (Å²) in [5.74, 6) is 1.98. The third-order valence-corrected chi connectivity index (χ3v) is 11.8. The number of benzene rings is 4. The van der Waals surface area contributed by atoms with E-state index in [4.69, 9.17) is 46.5 Å². The maximum atomic E-state index is 6.48. The number of hydrogen-bond donors (Lipinski definition) is 6. The number of nitrogens with one attached hydrogen (secondary N) is 2. The molecule has 13 heteroatoms. The van der Waals surface area contributed by atoms with Gasteiger partial charge in [-0.3, -0.25) is 0 Å². The molecule has 0 radical (unpaired) electrons. The Kier molecular flexibility index (Phi) is 5.21. The van der Waals surface area contributed by atoms with E-state index in [-0.39, 0.29) is 0 Å². The average Bonchev–Trinajstić information content (AvgIpc) is 3.76. The van der Waals surface area contributed by atoms with Crippen LogP contribution in [0.3, 0.4) is 0 Å². The van der Waals surface area contributed by atoms with Crippen molar-refractivity contribution in [2.75, 3.05) is 0 Å². The molecule has 218 valence electrons. The van der Waals surface area contributed by atoms with E-state index in [1.807, 2.05) is 84.9 Å². The first-order valence-corrected chi connectivity index (χ1v) is 20.3. The summed E-state index contributed by atoms with van der Waals surface area (Å²) < 4.78 is 26.4. The van der Waals surface area contributed by atoms with Gasteiger partial charge < -0.3 is 0 Å². The summed E-state index contributed by atoms with van der Waals surface area (Å²) in [7, 11) is 0. The zero-order chi connectivity index (χ0) is 30.5. The molecule has 0 aliphatic carbocycles. The molecular weight excluding hydrogens is 645 g/mol. The molecule has 5 heterocycles. The number of nitrogens with zero attached hydrogens (tertiary/aromatic N) is 6. The predicted octanol–water partition coefficient (Wildman–Crippen LogP) is 3.68. The van der Waals surface area contributed by atoms with Crippen molar-refractivity contribution in [1.82, 2.24) is 39.9 Å². The Hall–Kier alpha value is -5.18. The fraction of sp³-hybridized carbons (Fsp3) is 0. The maximum absolute atomic E-state index is 6.48. The molecule has 2 aliphatic rings. The molecule has 8 bridgehead atoms. The van der Waals surface area contributed by atoms with Gasteiger partial charge in [0.15, 0.2) is 0 Å². The van der Waals surface area contributed by atoms with Crippen LogP contribution in [0.5, 0.6) is 0 Å². The van der Waals surface area contributed by atoms with E-state index in [2.05, 4.69) is 9.97 Å². The first-order chi connectivity index (χ1) is 21.7. The van der Waals surface area contributed by atoms with Crippen molar-refractivity contribution in [2.24, 2.45) is 16.5 Å². The van der Waals surface area contributed by atoms with E-state index < -0.39 is 16.9 Å². The fourth-order valence-electron chi connectivity index (χ4n) is 6.10. The van der Waals surface area contributed by atoms with E-state index in [0.29, 0.717) is 60.4 Å². The van der Waals surface area contributed by atoms with Gasteiger partial charge in [0.05, 0.1) is 0 Å². The molecule has 45 heavy (non-hydrogen) atoms. The molecule has 10 N–H and O–H groups in total. The molecule has 0 spiro atoms. The van der Waals surface area contributed by atoms with Gasteiger partial charge in [-0.1, -0.05) is 6.07 Å². The molecule has 4 aromatic carbocycles. The van der Waals surface area contributed by atoms with E-state index in [9.17, 15) is 0 Å². The molecule has 0 unspecified atom stereocenters. The van der Waals surface area contributed by atoms with Crippen LogP contribution in [-0.4, -0.2) is 39.9 Å². The van der Waals surface area contributed by atoms with Crippen LogP contribution in [0, 0.1) is 0 Å². The minimum absolute atomic E-state index is 0.430. The summed E-state index contributed by atoms with van der Waals surface area (Å²) in [4.78, 5) is 36.7. The average molecular weight is 671 g/mol. The predicted molar refractivity (Wildman–Crippen MR) is 172 cm³/mol. The second-order valence-electron chi connectivity index (χ2n) is 11.4. The van der Waals surface area contributed by atoms with Crippen molar-refractivity contribution in [3.8, 4) is 45.6 Å². The van der Waals surface area contributed by atoms with E-state index >= 15 is 0 Å². The second kappa shape index (κ2) is 8.94. The number of H-pyrrole nitrogens is 2. The molecular formula is C32H25N12Nb.